The maximum atomic E-state index is 12.0. The minimum absolute atomic E-state index is 0.114. The topological polar surface area (TPSA) is 84.2 Å². The SMILES string of the molecule is CCCn1ccnc(NC(C(=O)O)C2CC2)c1=O. The number of nitrogens with one attached hydrogen (secondary N) is 1. The van der Waals surface area contributed by atoms with Crippen LogP contribution in [-0.2, 0) is 11.3 Å². The molecule has 18 heavy (non-hydrogen) atoms. The fraction of sp³-hybridized carbons (Fsp3) is 0.583. The number of hydrogen-bond acceptors (Lipinski definition) is 4. The Labute approximate surface area is 105 Å². The summed E-state index contributed by atoms with van der Waals surface area (Å²) in [5.41, 5.74) is -0.258. The Hall–Kier alpha value is -1.85. The van der Waals surface area contributed by atoms with Crippen LogP contribution in [0.1, 0.15) is 26.2 Å². The molecule has 0 aromatic carbocycles. The molecule has 1 saturated carbocycles. The quantitative estimate of drug-likeness (QED) is 0.785. The van der Waals surface area contributed by atoms with E-state index in [-0.39, 0.29) is 17.3 Å². The van der Waals surface area contributed by atoms with Gasteiger partial charge in [0.1, 0.15) is 6.04 Å². The summed E-state index contributed by atoms with van der Waals surface area (Å²) in [6.45, 7) is 2.58. The summed E-state index contributed by atoms with van der Waals surface area (Å²) in [7, 11) is 0. The number of aromatic nitrogens is 2. The molecule has 98 valence electrons. The van der Waals surface area contributed by atoms with Gasteiger partial charge in [-0.3, -0.25) is 4.79 Å². The second-order valence-electron chi connectivity index (χ2n) is 4.57. The van der Waals surface area contributed by atoms with Gasteiger partial charge < -0.3 is 15.0 Å². The van der Waals surface area contributed by atoms with E-state index in [4.69, 9.17) is 5.11 Å². The normalized spacial score (nSPS) is 16.3. The van der Waals surface area contributed by atoms with Gasteiger partial charge in [-0.05, 0) is 25.2 Å². The molecule has 1 fully saturated rings. The van der Waals surface area contributed by atoms with Crippen LogP contribution < -0.4 is 10.9 Å². The third-order valence-electron chi connectivity index (χ3n) is 3.03. The Morgan fingerprint density at radius 1 is 1.67 bits per heavy atom. The van der Waals surface area contributed by atoms with Gasteiger partial charge in [0.2, 0.25) is 0 Å². The van der Waals surface area contributed by atoms with Gasteiger partial charge >= 0.3 is 5.97 Å². The monoisotopic (exact) mass is 251 g/mol. The van der Waals surface area contributed by atoms with Crippen LogP contribution in [-0.4, -0.2) is 26.7 Å². The summed E-state index contributed by atoms with van der Waals surface area (Å²) in [5, 5.41) is 11.9. The summed E-state index contributed by atoms with van der Waals surface area (Å²) in [6.07, 6.45) is 5.75. The van der Waals surface area contributed by atoms with Crippen molar-refractivity contribution in [2.24, 2.45) is 5.92 Å². The lowest BCUT2D eigenvalue weighted by Gasteiger charge is -2.14. The predicted octanol–water partition coefficient (Wildman–Crippen LogP) is 0.928. The first-order valence-corrected chi connectivity index (χ1v) is 6.18. The van der Waals surface area contributed by atoms with Gasteiger partial charge in [0.05, 0.1) is 0 Å². The van der Waals surface area contributed by atoms with E-state index in [1.54, 1.807) is 10.8 Å². The fourth-order valence-electron chi connectivity index (χ4n) is 1.92. The summed E-state index contributed by atoms with van der Waals surface area (Å²) < 4.78 is 1.54. The smallest absolute Gasteiger partial charge is 0.326 e. The molecule has 2 N–H and O–H groups in total. The molecular formula is C12H17N3O3. The maximum Gasteiger partial charge on any atom is 0.326 e. The van der Waals surface area contributed by atoms with Gasteiger partial charge in [-0.25, -0.2) is 9.78 Å². The first-order chi connectivity index (χ1) is 8.63. The van der Waals surface area contributed by atoms with Gasteiger partial charge in [-0.1, -0.05) is 6.92 Å². The molecule has 0 bridgehead atoms. The highest BCUT2D eigenvalue weighted by Gasteiger charge is 2.36. The Kier molecular flexibility index (Phi) is 3.64. The Morgan fingerprint density at radius 2 is 2.39 bits per heavy atom. The van der Waals surface area contributed by atoms with Crippen LogP contribution in [0.2, 0.25) is 0 Å². The number of aryl methyl sites for hydroxylation is 1. The van der Waals surface area contributed by atoms with Crippen LogP contribution >= 0.6 is 0 Å². The van der Waals surface area contributed by atoms with Crippen molar-refractivity contribution < 1.29 is 9.90 Å². The summed E-state index contributed by atoms with van der Waals surface area (Å²) in [5.74, 6) is -0.682. The average molecular weight is 251 g/mol. The van der Waals surface area contributed by atoms with Crippen molar-refractivity contribution in [3.05, 3.63) is 22.7 Å². The molecule has 6 heteroatoms. The predicted molar refractivity (Wildman–Crippen MR) is 66.6 cm³/mol. The molecule has 0 saturated heterocycles. The van der Waals surface area contributed by atoms with E-state index in [9.17, 15) is 9.59 Å². The van der Waals surface area contributed by atoms with Crippen molar-refractivity contribution in [3.8, 4) is 0 Å². The second kappa shape index (κ2) is 5.20. The zero-order valence-electron chi connectivity index (χ0n) is 10.3. The van der Waals surface area contributed by atoms with Crippen LogP contribution in [0.25, 0.3) is 0 Å². The summed E-state index contributed by atoms with van der Waals surface area (Å²) in [4.78, 5) is 27.1. The van der Waals surface area contributed by atoms with E-state index < -0.39 is 12.0 Å². The van der Waals surface area contributed by atoms with E-state index in [1.165, 1.54) is 6.20 Å². The van der Waals surface area contributed by atoms with Crippen molar-refractivity contribution in [2.45, 2.75) is 38.8 Å². The van der Waals surface area contributed by atoms with Crippen LogP contribution in [0.3, 0.4) is 0 Å². The van der Waals surface area contributed by atoms with Gasteiger partial charge in [-0.2, -0.15) is 0 Å². The highest BCUT2D eigenvalue weighted by Crippen LogP contribution is 2.33. The molecule has 1 unspecified atom stereocenters. The molecule has 0 spiro atoms. The zero-order valence-corrected chi connectivity index (χ0v) is 10.3. The number of carbonyl (C=O) groups is 1. The third-order valence-corrected chi connectivity index (χ3v) is 3.03. The van der Waals surface area contributed by atoms with Gasteiger partial charge in [-0.15, -0.1) is 0 Å². The van der Waals surface area contributed by atoms with Crippen LogP contribution in [0.4, 0.5) is 5.82 Å². The first-order valence-electron chi connectivity index (χ1n) is 6.18. The van der Waals surface area contributed by atoms with E-state index in [1.807, 2.05) is 6.92 Å². The fourth-order valence-corrected chi connectivity index (χ4v) is 1.92. The van der Waals surface area contributed by atoms with Crippen molar-refractivity contribution in [1.29, 1.82) is 0 Å². The molecule has 0 aliphatic heterocycles. The first kappa shape index (κ1) is 12.6. The molecule has 0 radical (unpaired) electrons. The van der Waals surface area contributed by atoms with Crippen LogP contribution in [0.5, 0.6) is 0 Å². The van der Waals surface area contributed by atoms with E-state index in [0.29, 0.717) is 6.54 Å². The molecule has 1 aliphatic carbocycles. The maximum absolute atomic E-state index is 12.0. The lowest BCUT2D eigenvalue weighted by molar-refractivity contribution is -0.138. The number of anilines is 1. The summed E-state index contributed by atoms with van der Waals surface area (Å²) >= 11 is 0. The Morgan fingerprint density at radius 3 is 2.94 bits per heavy atom. The number of hydrogen-bond donors (Lipinski definition) is 2. The van der Waals surface area contributed by atoms with Crippen molar-refractivity contribution in [2.75, 3.05) is 5.32 Å². The van der Waals surface area contributed by atoms with E-state index in [0.717, 1.165) is 19.3 Å². The Bertz CT molecular complexity index is 494. The number of nitrogens with zero attached hydrogens (tertiary/aromatic N) is 2. The van der Waals surface area contributed by atoms with Crippen molar-refractivity contribution in [3.63, 3.8) is 0 Å². The summed E-state index contributed by atoms with van der Waals surface area (Å²) in [6, 6.07) is -0.706. The minimum atomic E-state index is -0.926. The molecule has 1 aromatic rings. The minimum Gasteiger partial charge on any atom is -0.480 e. The lowest BCUT2D eigenvalue weighted by atomic mass is 10.2. The van der Waals surface area contributed by atoms with Gasteiger partial charge in [0.25, 0.3) is 5.56 Å². The molecule has 1 heterocycles. The van der Waals surface area contributed by atoms with Crippen LogP contribution in [0.15, 0.2) is 17.2 Å². The molecule has 2 rings (SSSR count). The number of carboxylic acids is 1. The molecule has 0 amide bonds. The van der Waals surface area contributed by atoms with Gasteiger partial charge in [0.15, 0.2) is 5.82 Å². The average Bonchev–Trinajstić information content (AvgIpc) is 3.14. The second-order valence-corrected chi connectivity index (χ2v) is 4.57. The molecular weight excluding hydrogens is 234 g/mol. The highest BCUT2D eigenvalue weighted by molar-refractivity contribution is 5.77. The van der Waals surface area contributed by atoms with Crippen LogP contribution in [0, 0.1) is 5.92 Å². The Balaban J connectivity index is 2.20. The number of carboxylic acid groups (broad SMARTS) is 1. The highest BCUT2D eigenvalue weighted by atomic mass is 16.4. The molecule has 1 aliphatic rings. The molecule has 1 atom stereocenters. The van der Waals surface area contributed by atoms with E-state index >= 15 is 0 Å². The molecule has 6 nitrogen and oxygen atoms in total. The standard InChI is InChI=1S/C12H17N3O3/c1-2-6-15-7-5-13-10(11(15)16)14-9(12(17)18)8-3-4-8/h5,7-9H,2-4,6H2,1H3,(H,13,14)(H,17,18). The van der Waals surface area contributed by atoms with Crippen molar-refractivity contribution >= 4 is 11.8 Å². The zero-order chi connectivity index (χ0) is 13.1. The third kappa shape index (κ3) is 2.69. The largest absolute Gasteiger partial charge is 0.480 e. The number of rotatable bonds is 6. The van der Waals surface area contributed by atoms with Crippen molar-refractivity contribution in [1.82, 2.24) is 9.55 Å². The van der Waals surface area contributed by atoms with Gasteiger partial charge in [0, 0.05) is 18.9 Å². The molecule has 1 aromatic heterocycles. The lowest BCUT2D eigenvalue weighted by Crippen LogP contribution is -2.35. The number of aliphatic carboxylic acids is 1. The van der Waals surface area contributed by atoms with E-state index in [2.05, 4.69) is 10.3 Å².